The molecule has 0 fully saturated rings. The number of aromatic nitrogens is 2. The summed E-state index contributed by atoms with van der Waals surface area (Å²) in [4.78, 5) is 3.33. The molecular weight excluding hydrogens is 248 g/mol. The van der Waals surface area contributed by atoms with Crippen LogP contribution in [0, 0.1) is 6.57 Å². The number of rotatable bonds is 3. The van der Waals surface area contributed by atoms with Crippen molar-refractivity contribution in [2.75, 3.05) is 0 Å². The van der Waals surface area contributed by atoms with Gasteiger partial charge in [-0.05, 0) is 19.1 Å². The van der Waals surface area contributed by atoms with E-state index in [0.717, 1.165) is 11.3 Å². The molecule has 2 rings (SSSR count). The van der Waals surface area contributed by atoms with E-state index in [2.05, 4.69) is 9.94 Å². The first-order valence-corrected chi connectivity index (χ1v) is 5.94. The van der Waals surface area contributed by atoms with Crippen molar-refractivity contribution in [2.45, 2.75) is 19.5 Å². The van der Waals surface area contributed by atoms with Crippen LogP contribution >= 0.6 is 11.6 Å². The minimum absolute atomic E-state index is 0.0610. The van der Waals surface area contributed by atoms with E-state index in [1.165, 1.54) is 0 Å². The second kappa shape index (κ2) is 5.21. The monoisotopic (exact) mass is 260 g/mol. The van der Waals surface area contributed by atoms with Crippen molar-refractivity contribution in [3.05, 3.63) is 46.9 Å². The first kappa shape index (κ1) is 12.6. The van der Waals surface area contributed by atoms with E-state index >= 15 is 0 Å². The van der Waals surface area contributed by atoms with Gasteiger partial charge in [0.25, 0.3) is 0 Å². The third kappa shape index (κ3) is 2.70. The number of nitrogens with two attached hydrogens (primary N) is 1. The summed E-state index contributed by atoms with van der Waals surface area (Å²) < 4.78 is 1.80. The molecule has 0 saturated heterocycles. The van der Waals surface area contributed by atoms with Gasteiger partial charge < -0.3 is 5.73 Å². The normalized spacial score (nSPS) is 12.1. The molecule has 2 aromatic rings. The summed E-state index contributed by atoms with van der Waals surface area (Å²) in [5.74, 6) is 0. The van der Waals surface area contributed by atoms with Crippen molar-refractivity contribution >= 4 is 17.3 Å². The quantitative estimate of drug-likeness (QED) is 0.862. The van der Waals surface area contributed by atoms with Gasteiger partial charge in [-0.1, -0.05) is 23.7 Å². The molecule has 0 spiro atoms. The molecule has 4 nitrogen and oxygen atoms in total. The summed E-state index contributed by atoms with van der Waals surface area (Å²) in [6.07, 6.45) is 1.88. The number of halogens is 1. The van der Waals surface area contributed by atoms with Crippen LogP contribution in [0.15, 0.2) is 30.5 Å². The zero-order valence-corrected chi connectivity index (χ0v) is 10.7. The number of nitrogens with zero attached hydrogens (tertiary/aromatic N) is 3. The molecular formula is C13H13ClN4. The predicted octanol–water partition coefficient (Wildman–Crippen LogP) is 3.10. The first-order valence-electron chi connectivity index (χ1n) is 5.56. The number of hydrogen-bond acceptors (Lipinski definition) is 2. The summed E-state index contributed by atoms with van der Waals surface area (Å²) >= 11 is 6.00. The second-order valence-electron chi connectivity index (χ2n) is 4.18. The maximum absolute atomic E-state index is 6.95. The molecule has 92 valence electrons. The Kier molecular flexibility index (Phi) is 3.66. The summed E-state index contributed by atoms with van der Waals surface area (Å²) in [7, 11) is 0. The second-order valence-corrected chi connectivity index (χ2v) is 4.59. The largest absolute Gasteiger partial charge is 0.326 e. The molecule has 1 aromatic carbocycles. The Labute approximate surface area is 111 Å². The molecule has 0 aliphatic heterocycles. The van der Waals surface area contributed by atoms with Crippen molar-refractivity contribution < 1.29 is 0 Å². The molecule has 0 amide bonds. The lowest BCUT2D eigenvalue weighted by molar-refractivity contribution is 0.540. The first-order chi connectivity index (χ1) is 8.60. The van der Waals surface area contributed by atoms with Crippen molar-refractivity contribution in [1.82, 2.24) is 9.78 Å². The lowest BCUT2D eigenvalue weighted by atomic mass is 10.1. The summed E-state index contributed by atoms with van der Waals surface area (Å²) in [6, 6.07) is 7.28. The molecule has 1 heterocycles. The maximum atomic E-state index is 6.95. The van der Waals surface area contributed by atoms with E-state index in [1.54, 1.807) is 16.8 Å². The van der Waals surface area contributed by atoms with E-state index < -0.39 is 0 Å². The van der Waals surface area contributed by atoms with E-state index in [9.17, 15) is 0 Å². The Morgan fingerprint density at radius 2 is 2.28 bits per heavy atom. The summed E-state index contributed by atoms with van der Waals surface area (Å²) in [5.41, 5.74) is 7.90. The Morgan fingerprint density at radius 3 is 2.89 bits per heavy atom. The van der Waals surface area contributed by atoms with Crippen molar-refractivity contribution in [1.29, 1.82) is 0 Å². The van der Waals surface area contributed by atoms with Crippen molar-refractivity contribution in [3.63, 3.8) is 0 Å². The molecule has 18 heavy (non-hydrogen) atoms. The predicted molar refractivity (Wildman–Crippen MR) is 72.6 cm³/mol. The smallest absolute Gasteiger partial charge is 0.205 e. The minimum atomic E-state index is 0.0610. The fraction of sp³-hybridized carbons (Fsp3) is 0.231. The molecule has 1 atom stereocenters. The zero-order valence-electron chi connectivity index (χ0n) is 9.97. The van der Waals surface area contributed by atoms with Gasteiger partial charge in [-0.2, -0.15) is 5.10 Å². The highest BCUT2D eigenvalue weighted by Crippen LogP contribution is 2.29. The molecule has 0 saturated carbocycles. The Hall–Kier alpha value is -1.83. The number of hydrogen-bond donors (Lipinski definition) is 1. The standard InChI is InChI=1S/C13H13ClN4/c1-9(15)8-18-6-5-12(17-18)10-3-4-13(16-2)11(14)7-10/h3-7,9H,8,15H2,1H3/t9-/m1/s1. The van der Waals surface area contributed by atoms with E-state index in [0.29, 0.717) is 17.3 Å². The highest BCUT2D eigenvalue weighted by atomic mass is 35.5. The van der Waals surface area contributed by atoms with Crippen molar-refractivity contribution in [3.8, 4) is 11.3 Å². The van der Waals surface area contributed by atoms with Crippen LogP contribution in [0.4, 0.5) is 5.69 Å². The lowest BCUT2D eigenvalue weighted by Crippen LogP contribution is -2.22. The van der Waals surface area contributed by atoms with Gasteiger partial charge >= 0.3 is 0 Å². The Balaban J connectivity index is 2.29. The maximum Gasteiger partial charge on any atom is 0.205 e. The SMILES string of the molecule is [C-]#[N+]c1ccc(-c2ccn(C[C@@H](C)N)n2)cc1Cl. The van der Waals surface area contributed by atoms with Crippen LogP contribution in [0.25, 0.3) is 16.1 Å². The van der Waals surface area contributed by atoms with E-state index in [1.807, 2.05) is 25.3 Å². The van der Waals surface area contributed by atoms with Crippen LogP contribution in [0.3, 0.4) is 0 Å². The molecule has 2 N–H and O–H groups in total. The molecule has 0 aliphatic rings. The summed E-state index contributed by atoms with van der Waals surface area (Å²) in [5, 5.41) is 4.87. The van der Waals surface area contributed by atoms with Crippen LogP contribution in [-0.2, 0) is 6.54 Å². The van der Waals surface area contributed by atoms with Crippen LogP contribution in [-0.4, -0.2) is 15.8 Å². The van der Waals surface area contributed by atoms with Gasteiger partial charge in [0.15, 0.2) is 0 Å². The van der Waals surface area contributed by atoms with Crippen LogP contribution < -0.4 is 5.73 Å². The summed E-state index contributed by atoms with van der Waals surface area (Å²) in [6.45, 7) is 9.56. The fourth-order valence-electron chi connectivity index (χ4n) is 1.67. The van der Waals surface area contributed by atoms with Crippen molar-refractivity contribution in [2.24, 2.45) is 5.73 Å². The van der Waals surface area contributed by atoms with Gasteiger partial charge in [0.2, 0.25) is 5.69 Å². The Bertz CT molecular complexity index is 595. The van der Waals surface area contributed by atoms with Gasteiger partial charge in [-0.25, -0.2) is 4.85 Å². The van der Waals surface area contributed by atoms with E-state index in [-0.39, 0.29) is 6.04 Å². The van der Waals surface area contributed by atoms with Gasteiger partial charge in [0.05, 0.1) is 18.8 Å². The number of benzene rings is 1. The van der Waals surface area contributed by atoms with Gasteiger partial charge in [-0.3, -0.25) is 4.68 Å². The zero-order chi connectivity index (χ0) is 13.1. The molecule has 5 heteroatoms. The lowest BCUT2D eigenvalue weighted by Gasteiger charge is -2.04. The minimum Gasteiger partial charge on any atom is -0.326 e. The molecule has 1 aromatic heterocycles. The third-order valence-electron chi connectivity index (χ3n) is 2.48. The van der Waals surface area contributed by atoms with Gasteiger partial charge in [0, 0.05) is 22.8 Å². The topological polar surface area (TPSA) is 48.2 Å². The average molecular weight is 261 g/mol. The highest BCUT2D eigenvalue weighted by molar-refractivity contribution is 6.33. The third-order valence-corrected chi connectivity index (χ3v) is 2.78. The van der Waals surface area contributed by atoms with E-state index in [4.69, 9.17) is 23.9 Å². The molecule has 0 radical (unpaired) electrons. The average Bonchev–Trinajstić information content (AvgIpc) is 2.76. The van der Waals surface area contributed by atoms with Crippen LogP contribution in [0.5, 0.6) is 0 Å². The van der Waals surface area contributed by atoms with Crippen LogP contribution in [0.1, 0.15) is 6.92 Å². The molecule has 0 bridgehead atoms. The van der Waals surface area contributed by atoms with Crippen LogP contribution in [0.2, 0.25) is 5.02 Å². The highest BCUT2D eigenvalue weighted by Gasteiger charge is 2.06. The fourth-order valence-corrected chi connectivity index (χ4v) is 1.89. The van der Waals surface area contributed by atoms with Gasteiger partial charge in [0.1, 0.15) is 0 Å². The molecule has 0 aliphatic carbocycles. The van der Waals surface area contributed by atoms with Gasteiger partial charge in [-0.15, -0.1) is 0 Å². The Morgan fingerprint density at radius 1 is 1.50 bits per heavy atom. The molecule has 0 unspecified atom stereocenters.